The first-order valence-corrected chi connectivity index (χ1v) is 3.38. The van der Waals surface area contributed by atoms with Crippen molar-refractivity contribution < 1.29 is 9.59 Å². The quantitative estimate of drug-likeness (QED) is 0.458. The van der Waals surface area contributed by atoms with Gasteiger partial charge < -0.3 is 5.32 Å². The standard InChI is InChI=1S/C8H9NO2/c1-2-3-6-4-5-9-8(11)7(6)10/h2,4-6H,1,3H2,(H,9,11). The fraction of sp³-hybridized carbons (Fsp3) is 0.250. The Balaban J connectivity index is 2.72. The number of nitrogens with one attached hydrogen (secondary N) is 1. The van der Waals surface area contributed by atoms with Crippen LogP contribution in [0.25, 0.3) is 0 Å². The van der Waals surface area contributed by atoms with Crippen LogP contribution in [0.15, 0.2) is 24.9 Å². The molecule has 1 amide bonds. The van der Waals surface area contributed by atoms with E-state index in [2.05, 4.69) is 11.9 Å². The molecule has 1 N–H and O–H groups in total. The summed E-state index contributed by atoms with van der Waals surface area (Å²) in [6.07, 6.45) is 5.33. The molecule has 0 aromatic heterocycles. The van der Waals surface area contributed by atoms with Gasteiger partial charge >= 0.3 is 0 Å². The largest absolute Gasteiger partial charge is 0.326 e. The predicted molar refractivity (Wildman–Crippen MR) is 40.6 cm³/mol. The molecule has 0 saturated heterocycles. The van der Waals surface area contributed by atoms with Crippen LogP contribution in [0, 0.1) is 5.92 Å². The van der Waals surface area contributed by atoms with Gasteiger partial charge in [-0.3, -0.25) is 9.59 Å². The first kappa shape index (κ1) is 7.72. The van der Waals surface area contributed by atoms with Crippen LogP contribution in [0.3, 0.4) is 0 Å². The highest BCUT2D eigenvalue weighted by molar-refractivity contribution is 6.38. The van der Waals surface area contributed by atoms with E-state index in [1.54, 1.807) is 12.2 Å². The van der Waals surface area contributed by atoms with Crippen LogP contribution in [0.4, 0.5) is 0 Å². The Bertz CT molecular complexity index is 230. The summed E-state index contributed by atoms with van der Waals surface area (Å²) < 4.78 is 0. The van der Waals surface area contributed by atoms with E-state index < -0.39 is 5.91 Å². The van der Waals surface area contributed by atoms with Crippen LogP contribution in [-0.2, 0) is 9.59 Å². The number of amides is 1. The molecular formula is C8H9NO2. The summed E-state index contributed by atoms with van der Waals surface area (Å²) in [7, 11) is 0. The maximum atomic E-state index is 11.0. The van der Waals surface area contributed by atoms with E-state index in [9.17, 15) is 9.59 Å². The minimum absolute atomic E-state index is 0.304. The summed E-state index contributed by atoms with van der Waals surface area (Å²) in [5.74, 6) is -1.21. The minimum Gasteiger partial charge on any atom is -0.326 e. The number of rotatable bonds is 2. The van der Waals surface area contributed by atoms with Crippen LogP contribution in [0.2, 0.25) is 0 Å². The maximum absolute atomic E-state index is 11.0. The fourth-order valence-electron chi connectivity index (χ4n) is 0.932. The summed E-state index contributed by atoms with van der Waals surface area (Å²) in [5.41, 5.74) is 0. The van der Waals surface area contributed by atoms with Gasteiger partial charge in [-0.2, -0.15) is 0 Å². The summed E-state index contributed by atoms with van der Waals surface area (Å²) in [6, 6.07) is 0. The van der Waals surface area contributed by atoms with Gasteiger partial charge in [0.25, 0.3) is 5.91 Å². The molecular weight excluding hydrogens is 142 g/mol. The lowest BCUT2D eigenvalue weighted by molar-refractivity contribution is -0.139. The van der Waals surface area contributed by atoms with Crippen LogP contribution < -0.4 is 5.32 Å². The zero-order valence-electron chi connectivity index (χ0n) is 6.04. The third-order valence-electron chi connectivity index (χ3n) is 1.52. The van der Waals surface area contributed by atoms with E-state index in [-0.39, 0.29) is 11.7 Å². The molecule has 1 unspecified atom stereocenters. The number of Topliss-reactive ketones (excluding diaryl/α,β-unsaturated/α-hetero) is 1. The van der Waals surface area contributed by atoms with E-state index >= 15 is 0 Å². The van der Waals surface area contributed by atoms with Crippen molar-refractivity contribution in [3.05, 3.63) is 24.9 Å². The average molecular weight is 151 g/mol. The molecule has 58 valence electrons. The van der Waals surface area contributed by atoms with E-state index in [1.165, 1.54) is 6.20 Å². The second-order valence-corrected chi connectivity index (χ2v) is 2.33. The number of hydrogen-bond acceptors (Lipinski definition) is 2. The molecule has 0 aliphatic carbocycles. The molecule has 3 heteroatoms. The smallest absolute Gasteiger partial charge is 0.291 e. The molecule has 0 bridgehead atoms. The maximum Gasteiger partial charge on any atom is 0.291 e. The zero-order valence-corrected chi connectivity index (χ0v) is 6.04. The summed E-state index contributed by atoms with van der Waals surface area (Å²) >= 11 is 0. The van der Waals surface area contributed by atoms with Gasteiger partial charge in [0.2, 0.25) is 5.78 Å². The molecule has 0 radical (unpaired) electrons. The SMILES string of the molecule is C=CCC1C=CNC(=O)C1=O. The van der Waals surface area contributed by atoms with Crippen molar-refractivity contribution in [1.82, 2.24) is 5.32 Å². The highest BCUT2D eigenvalue weighted by Gasteiger charge is 2.24. The van der Waals surface area contributed by atoms with Gasteiger partial charge in [0.15, 0.2) is 0 Å². The van der Waals surface area contributed by atoms with E-state index in [4.69, 9.17) is 0 Å². The van der Waals surface area contributed by atoms with Crippen molar-refractivity contribution >= 4 is 11.7 Å². The number of carbonyl (C=O) groups excluding carboxylic acids is 2. The monoisotopic (exact) mass is 151 g/mol. The third kappa shape index (κ3) is 1.55. The molecule has 1 aliphatic heterocycles. The molecule has 0 aromatic carbocycles. The highest BCUT2D eigenvalue weighted by Crippen LogP contribution is 2.09. The molecule has 1 aliphatic rings. The molecule has 0 fully saturated rings. The molecule has 1 rings (SSSR count). The van der Waals surface area contributed by atoms with Crippen molar-refractivity contribution in [2.45, 2.75) is 6.42 Å². The van der Waals surface area contributed by atoms with Crippen molar-refractivity contribution in [3.8, 4) is 0 Å². The summed E-state index contributed by atoms with van der Waals surface area (Å²) in [6.45, 7) is 3.50. The topological polar surface area (TPSA) is 46.2 Å². The molecule has 0 spiro atoms. The zero-order chi connectivity index (χ0) is 8.27. The lowest BCUT2D eigenvalue weighted by Crippen LogP contribution is -2.35. The number of carbonyl (C=O) groups is 2. The minimum atomic E-state index is -0.528. The van der Waals surface area contributed by atoms with Gasteiger partial charge in [-0.25, -0.2) is 0 Å². The van der Waals surface area contributed by atoms with Crippen LogP contribution >= 0.6 is 0 Å². The highest BCUT2D eigenvalue weighted by atomic mass is 16.2. The van der Waals surface area contributed by atoms with Gasteiger partial charge in [0, 0.05) is 6.20 Å². The Hall–Kier alpha value is -1.38. The Kier molecular flexibility index (Phi) is 2.21. The van der Waals surface area contributed by atoms with Crippen molar-refractivity contribution in [2.75, 3.05) is 0 Å². The fourth-order valence-corrected chi connectivity index (χ4v) is 0.932. The van der Waals surface area contributed by atoms with Gasteiger partial charge in [0.1, 0.15) is 0 Å². The number of hydrogen-bond donors (Lipinski definition) is 1. The van der Waals surface area contributed by atoms with Crippen LogP contribution in [0.5, 0.6) is 0 Å². The molecule has 1 heterocycles. The Morgan fingerprint density at radius 1 is 1.64 bits per heavy atom. The van der Waals surface area contributed by atoms with Crippen molar-refractivity contribution in [3.63, 3.8) is 0 Å². The van der Waals surface area contributed by atoms with Gasteiger partial charge in [0.05, 0.1) is 5.92 Å². The predicted octanol–water partition coefficient (Wildman–Crippen LogP) is 0.391. The van der Waals surface area contributed by atoms with Gasteiger partial charge in [-0.15, -0.1) is 6.58 Å². The molecule has 0 saturated carbocycles. The van der Waals surface area contributed by atoms with Crippen molar-refractivity contribution in [1.29, 1.82) is 0 Å². The van der Waals surface area contributed by atoms with Gasteiger partial charge in [-0.05, 0) is 6.42 Å². The van der Waals surface area contributed by atoms with E-state index in [1.807, 2.05) is 0 Å². The Morgan fingerprint density at radius 3 is 3.00 bits per heavy atom. The normalized spacial score (nSPS) is 23.1. The van der Waals surface area contributed by atoms with Crippen LogP contribution in [0.1, 0.15) is 6.42 Å². The third-order valence-corrected chi connectivity index (χ3v) is 1.52. The first-order valence-electron chi connectivity index (χ1n) is 3.38. The molecule has 0 aromatic rings. The van der Waals surface area contributed by atoms with Crippen LogP contribution in [-0.4, -0.2) is 11.7 Å². The lowest BCUT2D eigenvalue weighted by atomic mass is 9.98. The molecule has 1 atom stereocenters. The summed E-state index contributed by atoms with van der Waals surface area (Å²) in [5, 5.41) is 2.32. The Labute approximate surface area is 64.8 Å². The van der Waals surface area contributed by atoms with E-state index in [0.717, 1.165) is 0 Å². The van der Waals surface area contributed by atoms with E-state index in [0.29, 0.717) is 6.42 Å². The van der Waals surface area contributed by atoms with Gasteiger partial charge in [-0.1, -0.05) is 12.2 Å². The summed E-state index contributed by atoms with van der Waals surface area (Å²) in [4.78, 5) is 21.7. The first-order chi connectivity index (χ1) is 5.25. The lowest BCUT2D eigenvalue weighted by Gasteiger charge is -2.12. The average Bonchev–Trinajstić information content (AvgIpc) is 1.99. The second-order valence-electron chi connectivity index (χ2n) is 2.33. The number of allylic oxidation sites excluding steroid dienone is 2. The number of ketones is 1. The van der Waals surface area contributed by atoms with Crippen molar-refractivity contribution in [2.24, 2.45) is 5.92 Å². The molecule has 3 nitrogen and oxygen atoms in total. The Morgan fingerprint density at radius 2 is 2.36 bits per heavy atom. The molecule has 11 heavy (non-hydrogen) atoms. The second kappa shape index (κ2) is 3.14.